The maximum atomic E-state index is 14.0. The minimum absolute atomic E-state index is 0.0514. The van der Waals surface area contributed by atoms with E-state index in [1.54, 1.807) is 12.1 Å². The fourth-order valence-electron chi connectivity index (χ4n) is 2.84. The molecule has 0 unspecified atom stereocenters. The highest BCUT2D eigenvalue weighted by molar-refractivity contribution is 6.06. The molecular weight excluding hydrogens is 364 g/mol. The molecule has 0 aliphatic rings. The molecule has 7 heteroatoms. The van der Waals surface area contributed by atoms with Crippen molar-refractivity contribution in [2.75, 3.05) is 5.32 Å². The Morgan fingerprint density at radius 3 is 2.39 bits per heavy atom. The first-order chi connectivity index (χ1) is 13.5. The zero-order valence-corrected chi connectivity index (χ0v) is 14.4. The highest BCUT2D eigenvalue weighted by Gasteiger charge is 2.13. The zero-order valence-electron chi connectivity index (χ0n) is 14.4. The van der Waals surface area contributed by atoms with Gasteiger partial charge in [0.2, 0.25) is 0 Å². The Morgan fingerprint density at radius 2 is 1.64 bits per heavy atom. The first-order valence-electron chi connectivity index (χ1n) is 8.37. The SMILES string of the molecule is O=C(Nc1ccccc1F)c1ccc2c(=O)n(-c3ccccc3F)cnc2c1. The molecule has 1 amide bonds. The third-order valence-corrected chi connectivity index (χ3v) is 4.26. The molecule has 0 saturated carbocycles. The summed E-state index contributed by atoms with van der Waals surface area (Å²) in [5.74, 6) is -1.64. The van der Waals surface area contributed by atoms with E-state index in [0.29, 0.717) is 0 Å². The van der Waals surface area contributed by atoms with Crippen LogP contribution >= 0.6 is 0 Å². The van der Waals surface area contributed by atoms with Gasteiger partial charge in [0.1, 0.15) is 18.0 Å². The monoisotopic (exact) mass is 377 g/mol. The maximum absolute atomic E-state index is 14.0. The van der Waals surface area contributed by atoms with Crippen molar-refractivity contribution in [3.05, 3.63) is 101 Å². The van der Waals surface area contributed by atoms with Crippen molar-refractivity contribution in [2.24, 2.45) is 0 Å². The van der Waals surface area contributed by atoms with Crippen LogP contribution in [0.15, 0.2) is 77.9 Å². The Morgan fingerprint density at radius 1 is 0.929 bits per heavy atom. The van der Waals surface area contributed by atoms with E-state index < -0.39 is 23.1 Å². The van der Waals surface area contributed by atoms with Crippen molar-refractivity contribution < 1.29 is 13.6 Å². The lowest BCUT2D eigenvalue weighted by atomic mass is 10.1. The van der Waals surface area contributed by atoms with E-state index in [-0.39, 0.29) is 27.8 Å². The first kappa shape index (κ1) is 17.5. The van der Waals surface area contributed by atoms with Crippen LogP contribution in [-0.4, -0.2) is 15.5 Å². The van der Waals surface area contributed by atoms with Crippen LogP contribution in [0.3, 0.4) is 0 Å². The second kappa shape index (κ2) is 7.03. The Bertz CT molecular complexity index is 1270. The largest absolute Gasteiger partial charge is 0.319 e. The fourth-order valence-corrected chi connectivity index (χ4v) is 2.84. The molecule has 0 atom stereocenters. The smallest absolute Gasteiger partial charge is 0.265 e. The van der Waals surface area contributed by atoms with Crippen molar-refractivity contribution >= 4 is 22.5 Å². The van der Waals surface area contributed by atoms with Crippen LogP contribution in [0.25, 0.3) is 16.6 Å². The molecule has 1 N–H and O–H groups in total. The molecule has 0 aliphatic heterocycles. The summed E-state index contributed by atoms with van der Waals surface area (Å²) in [6.45, 7) is 0. The Labute approximate surface area is 157 Å². The summed E-state index contributed by atoms with van der Waals surface area (Å²) in [5, 5.41) is 2.71. The van der Waals surface area contributed by atoms with Crippen LogP contribution in [0.5, 0.6) is 0 Å². The highest BCUT2D eigenvalue weighted by Crippen LogP contribution is 2.17. The minimum Gasteiger partial charge on any atom is -0.319 e. The van der Waals surface area contributed by atoms with Gasteiger partial charge >= 0.3 is 0 Å². The summed E-state index contributed by atoms with van der Waals surface area (Å²) in [5.41, 5.74) is 0.167. The standard InChI is InChI=1S/C21H13F2N3O2/c22-15-5-1-3-7-17(15)25-20(27)13-9-10-14-18(11-13)24-12-26(21(14)28)19-8-4-2-6-16(19)23/h1-12H,(H,25,27). The number of aromatic nitrogens is 2. The molecule has 0 fully saturated rings. The molecular formula is C21H13F2N3O2. The maximum Gasteiger partial charge on any atom is 0.265 e. The predicted octanol–water partition coefficient (Wildman–Crippen LogP) is 3.92. The summed E-state index contributed by atoms with van der Waals surface area (Å²) in [4.78, 5) is 29.3. The molecule has 3 aromatic carbocycles. The molecule has 0 bridgehead atoms. The van der Waals surface area contributed by atoms with Gasteiger partial charge < -0.3 is 5.32 Å². The lowest BCUT2D eigenvalue weighted by Gasteiger charge is -2.09. The molecule has 4 rings (SSSR count). The van der Waals surface area contributed by atoms with Crippen molar-refractivity contribution in [3.63, 3.8) is 0 Å². The Hall–Kier alpha value is -3.87. The highest BCUT2D eigenvalue weighted by atomic mass is 19.1. The van der Waals surface area contributed by atoms with Crippen LogP contribution in [0.1, 0.15) is 10.4 Å². The van der Waals surface area contributed by atoms with Gasteiger partial charge in [-0.05, 0) is 42.5 Å². The van der Waals surface area contributed by atoms with Crippen LogP contribution in [0.2, 0.25) is 0 Å². The Balaban J connectivity index is 1.72. The van der Waals surface area contributed by atoms with Gasteiger partial charge in [-0.2, -0.15) is 0 Å². The second-order valence-electron chi connectivity index (χ2n) is 6.04. The number of carbonyl (C=O) groups excluding carboxylic acids is 1. The number of carbonyl (C=O) groups is 1. The number of hydrogen-bond donors (Lipinski definition) is 1. The average molecular weight is 377 g/mol. The topological polar surface area (TPSA) is 64.0 Å². The number of hydrogen-bond acceptors (Lipinski definition) is 3. The lowest BCUT2D eigenvalue weighted by Crippen LogP contribution is -2.20. The number of rotatable bonds is 3. The van der Waals surface area contributed by atoms with Crippen LogP contribution < -0.4 is 10.9 Å². The first-order valence-corrected chi connectivity index (χ1v) is 8.37. The van der Waals surface area contributed by atoms with Crippen molar-refractivity contribution in [1.82, 2.24) is 9.55 Å². The number of amides is 1. The molecule has 1 aromatic heterocycles. The fraction of sp³-hybridized carbons (Fsp3) is 0. The summed E-state index contributed by atoms with van der Waals surface area (Å²) in [7, 11) is 0. The molecule has 4 aromatic rings. The van der Waals surface area contributed by atoms with E-state index in [2.05, 4.69) is 10.3 Å². The quantitative estimate of drug-likeness (QED) is 0.589. The number of nitrogens with zero attached hydrogens (tertiary/aromatic N) is 2. The van der Waals surface area contributed by atoms with Gasteiger partial charge in [0.25, 0.3) is 11.5 Å². The summed E-state index contributed by atoms with van der Waals surface area (Å²) < 4.78 is 28.8. The van der Waals surface area contributed by atoms with E-state index in [1.807, 2.05) is 0 Å². The van der Waals surface area contributed by atoms with Crippen LogP contribution in [0, 0.1) is 11.6 Å². The van der Waals surface area contributed by atoms with Gasteiger partial charge in [0, 0.05) is 5.56 Å². The van der Waals surface area contributed by atoms with Crippen LogP contribution in [0.4, 0.5) is 14.5 Å². The van der Waals surface area contributed by atoms with E-state index in [0.717, 1.165) is 4.57 Å². The third-order valence-electron chi connectivity index (χ3n) is 4.26. The number of anilines is 1. The molecule has 5 nitrogen and oxygen atoms in total. The molecule has 0 radical (unpaired) electrons. The van der Waals surface area contributed by atoms with Crippen LogP contribution in [-0.2, 0) is 0 Å². The number of benzene rings is 3. The molecule has 1 heterocycles. The van der Waals surface area contributed by atoms with E-state index in [1.165, 1.54) is 60.9 Å². The summed E-state index contributed by atoms with van der Waals surface area (Å²) in [6, 6.07) is 16.0. The van der Waals surface area contributed by atoms with Gasteiger partial charge in [0.05, 0.1) is 22.3 Å². The van der Waals surface area contributed by atoms with Gasteiger partial charge in [-0.3, -0.25) is 14.2 Å². The van der Waals surface area contributed by atoms with E-state index in [9.17, 15) is 18.4 Å². The second-order valence-corrected chi connectivity index (χ2v) is 6.04. The van der Waals surface area contributed by atoms with E-state index in [4.69, 9.17) is 0 Å². The summed E-state index contributed by atoms with van der Waals surface area (Å²) in [6.07, 6.45) is 1.21. The number of nitrogens with one attached hydrogen (secondary N) is 1. The summed E-state index contributed by atoms with van der Waals surface area (Å²) >= 11 is 0. The molecule has 138 valence electrons. The molecule has 0 saturated heterocycles. The molecule has 0 aliphatic carbocycles. The third kappa shape index (κ3) is 3.14. The van der Waals surface area contributed by atoms with E-state index >= 15 is 0 Å². The van der Waals surface area contributed by atoms with Crippen molar-refractivity contribution in [2.45, 2.75) is 0 Å². The number of fused-ring (bicyclic) bond motifs is 1. The van der Waals surface area contributed by atoms with Crippen molar-refractivity contribution in [3.8, 4) is 5.69 Å². The molecule has 28 heavy (non-hydrogen) atoms. The molecule has 0 spiro atoms. The van der Waals surface area contributed by atoms with Crippen molar-refractivity contribution in [1.29, 1.82) is 0 Å². The average Bonchev–Trinajstić information content (AvgIpc) is 2.70. The van der Waals surface area contributed by atoms with Gasteiger partial charge in [-0.25, -0.2) is 13.8 Å². The number of halogens is 2. The zero-order chi connectivity index (χ0) is 19.7. The normalized spacial score (nSPS) is 10.8. The predicted molar refractivity (Wildman–Crippen MR) is 102 cm³/mol. The van der Waals surface area contributed by atoms with Gasteiger partial charge in [-0.1, -0.05) is 24.3 Å². The van der Waals surface area contributed by atoms with Gasteiger partial charge in [0.15, 0.2) is 0 Å². The Kier molecular flexibility index (Phi) is 4.41. The van der Waals surface area contributed by atoms with Gasteiger partial charge in [-0.15, -0.1) is 0 Å². The number of para-hydroxylation sites is 2. The lowest BCUT2D eigenvalue weighted by molar-refractivity contribution is 0.102. The minimum atomic E-state index is -0.553.